The van der Waals surface area contributed by atoms with Crippen LogP contribution in [0.5, 0.6) is 0 Å². The molecule has 0 heterocycles. The van der Waals surface area contributed by atoms with E-state index in [1.807, 2.05) is 19.1 Å². The van der Waals surface area contributed by atoms with Crippen molar-refractivity contribution in [1.82, 2.24) is 0 Å². The lowest BCUT2D eigenvalue weighted by Crippen LogP contribution is -2.27. The molecule has 0 saturated carbocycles. The molecule has 0 amide bonds. The molecule has 0 unspecified atom stereocenters. The van der Waals surface area contributed by atoms with E-state index in [1.54, 1.807) is 24.3 Å². The number of sulfonamides is 1. The lowest BCUT2D eigenvalue weighted by molar-refractivity contribution is 0.281. The van der Waals surface area contributed by atoms with Gasteiger partial charge in [0.2, 0.25) is 0 Å². The first kappa shape index (κ1) is 16.0. The average molecular weight is 370 g/mol. The highest BCUT2D eigenvalue weighted by Crippen LogP contribution is 2.28. The minimum absolute atomic E-state index is 0.136. The van der Waals surface area contributed by atoms with Gasteiger partial charge in [0.15, 0.2) is 0 Å². The van der Waals surface area contributed by atoms with Crippen molar-refractivity contribution in [3.63, 3.8) is 0 Å². The smallest absolute Gasteiger partial charge is 0.265 e. The molecule has 0 aliphatic rings. The summed E-state index contributed by atoms with van der Waals surface area (Å²) in [6.07, 6.45) is 0. The molecule has 0 aromatic heterocycles. The molecule has 2 rings (SSSR count). The van der Waals surface area contributed by atoms with Crippen LogP contribution < -0.4 is 4.31 Å². The highest BCUT2D eigenvalue weighted by atomic mass is 79.9. The zero-order valence-corrected chi connectivity index (χ0v) is 14.1. The molecule has 0 bridgehead atoms. The molecule has 2 aromatic carbocycles. The number of hydrogen-bond acceptors (Lipinski definition) is 3. The molecule has 1 N–H and O–H groups in total. The molecular weight excluding hydrogens is 354 g/mol. The second kappa shape index (κ2) is 6.17. The number of nitrogens with zero attached hydrogens (tertiary/aromatic N) is 1. The monoisotopic (exact) mass is 369 g/mol. The van der Waals surface area contributed by atoms with Gasteiger partial charge >= 0.3 is 0 Å². The third-order valence-corrected chi connectivity index (χ3v) is 5.99. The second-order valence-electron chi connectivity index (χ2n) is 4.73. The Morgan fingerprint density at radius 2 is 1.76 bits per heavy atom. The van der Waals surface area contributed by atoms with Gasteiger partial charge in [-0.3, -0.25) is 4.31 Å². The molecule has 112 valence electrons. The van der Waals surface area contributed by atoms with Gasteiger partial charge in [-0.25, -0.2) is 8.42 Å². The minimum Gasteiger partial charge on any atom is -0.392 e. The number of anilines is 1. The van der Waals surface area contributed by atoms with Crippen LogP contribution in [0, 0.1) is 6.92 Å². The summed E-state index contributed by atoms with van der Waals surface area (Å²) < 4.78 is 27.1. The third-order valence-electron chi connectivity index (χ3n) is 3.21. The Balaban J connectivity index is 2.48. The van der Waals surface area contributed by atoms with Crippen molar-refractivity contribution in [3.8, 4) is 0 Å². The van der Waals surface area contributed by atoms with Gasteiger partial charge in [-0.15, -0.1) is 0 Å². The summed E-state index contributed by atoms with van der Waals surface area (Å²) in [6.45, 7) is 1.74. The topological polar surface area (TPSA) is 57.6 Å². The fourth-order valence-electron chi connectivity index (χ4n) is 1.88. The summed E-state index contributed by atoms with van der Waals surface area (Å²) in [7, 11) is -2.18. The number of aliphatic hydroxyl groups excluding tert-OH is 1. The van der Waals surface area contributed by atoms with E-state index in [0.29, 0.717) is 15.7 Å². The number of aliphatic hydroxyl groups is 1. The molecule has 0 aliphatic heterocycles. The summed E-state index contributed by atoms with van der Waals surface area (Å²) in [4.78, 5) is 0.136. The van der Waals surface area contributed by atoms with Crippen LogP contribution in [0.25, 0.3) is 0 Å². The van der Waals surface area contributed by atoms with Gasteiger partial charge in [-0.05, 0) is 52.7 Å². The van der Waals surface area contributed by atoms with Gasteiger partial charge in [0.1, 0.15) is 4.90 Å². The number of benzene rings is 2. The highest BCUT2D eigenvalue weighted by molar-refractivity contribution is 9.10. The van der Waals surface area contributed by atoms with Gasteiger partial charge in [0, 0.05) is 11.5 Å². The molecule has 4 nitrogen and oxygen atoms in total. The number of rotatable bonds is 4. The first-order valence-corrected chi connectivity index (χ1v) is 8.54. The maximum Gasteiger partial charge on any atom is 0.265 e. The maximum absolute atomic E-state index is 12.7. The average Bonchev–Trinajstić information content (AvgIpc) is 2.47. The van der Waals surface area contributed by atoms with Gasteiger partial charge < -0.3 is 5.11 Å². The van der Waals surface area contributed by atoms with E-state index in [9.17, 15) is 13.5 Å². The Bertz CT molecular complexity index is 742. The summed E-state index contributed by atoms with van der Waals surface area (Å²) in [5.74, 6) is 0. The molecule has 0 atom stereocenters. The zero-order valence-electron chi connectivity index (χ0n) is 11.7. The SMILES string of the molecule is Cc1ccc(N(C)S(=O)(=O)c2cc(CO)ccc2Br)cc1. The molecule has 0 aliphatic carbocycles. The van der Waals surface area contributed by atoms with Crippen LogP contribution in [0.3, 0.4) is 0 Å². The van der Waals surface area contributed by atoms with Crippen LogP contribution in [-0.2, 0) is 16.6 Å². The number of hydrogen-bond donors (Lipinski definition) is 1. The first-order valence-electron chi connectivity index (χ1n) is 6.31. The van der Waals surface area contributed by atoms with Crippen molar-refractivity contribution in [2.24, 2.45) is 0 Å². The Morgan fingerprint density at radius 1 is 1.14 bits per heavy atom. The van der Waals surface area contributed by atoms with Crippen molar-refractivity contribution in [3.05, 3.63) is 58.1 Å². The fourth-order valence-corrected chi connectivity index (χ4v) is 4.05. The fraction of sp³-hybridized carbons (Fsp3) is 0.200. The van der Waals surface area contributed by atoms with Gasteiger partial charge in [0.25, 0.3) is 10.0 Å². The van der Waals surface area contributed by atoms with E-state index in [2.05, 4.69) is 15.9 Å². The van der Waals surface area contributed by atoms with Crippen molar-refractivity contribution < 1.29 is 13.5 Å². The Morgan fingerprint density at radius 3 is 2.33 bits per heavy atom. The maximum atomic E-state index is 12.7. The molecule has 2 aromatic rings. The Labute approximate surface area is 133 Å². The van der Waals surface area contributed by atoms with E-state index < -0.39 is 10.0 Å². The predicted molar refractivity (Wildman–Crippen MR) is 86.8 cm³/mol. The lowest BCUT2D eigenvalue weighted by Gasteiger charge is -2.20. The standard InChI is InChI=1S/C15H16BrNO3S/c1-11-3-6-13(7-4-11)17(2)21(19,20)15-9-12(10-18)5-8-14(15)16/h3-9,18H,10H2,1-2H3. The summed E-state index contributed by atoms with van der Waals surface area (Å²) in [5, 5.41) is 9.18. The van der Waals surface area contributed by atoms with E-state index in [0.717, 1.165) is 5.56 Å². The summed E-state index contributed by atoms with van der Waals surface area (Å²) in [5.41, 5.74) is 2.20. The first-order chi connectivity index (χ1) is 9.86. The van der Waals surface area contributed by atoms with Gasteiger partial charge in [-0.2, -0.15) is 0 Å². The van der Waals surface area contributed by atoms with Crippen molar-refractivity contribution >= 4 is 31.6 Å². The van der Waals surface area contributed by atoms with Crippen molar-refractivity contribution in [2.75, 3.05) is 11.4 Å². The molecular formula is C15H16BrNO3S. The van der Waals surface area contributed by atoms with Crippen LogP contribution in [0.15, 0.2) is 51.8 Å². The van der Waals surface area contributed by atoms with Crippen LogP contribution >= 0.6 is 15.9 Å². The Kier molecular flexibility index (Phi) is 4.70. The highest BCUT2D eigenvalue weighted by Gasteiger charge is 2.24. The van der Waals surface area contributed by atoms with E-state index in [4.69, 9.17) is 0 Å². The molecule has 0 fully saturated rings. The van der Waals surface area contributed by atoms with E-state index in [1.165, 1.54) is 17.4 Å². The minimum atomic E-state index is -3.69. The third kappa shape index (κ3) is 3.28. The zero-order chi connectivity index (χ0) is 15.6. The van der Waals surface area contributed by atoms with Crippen LogP contribution in [0.1, 0.15) is 11.1 Å². The quantitative estimate of drug-likeness (QED) is 0.900. The largest absolute Gasteiger partial charge is 0.392 e. The summed E-state index contributed by atoms with van der Waals surface area (Å²) in [6, 6.07) is 12.0. The lowest BCUT2D eigenvalue weighted by atomic mass is 10.2. The summed E-state index contributed by atoms with van der Waals surface area (Å²) >= 11 is 3.26. The molecule has 21 heavy (non-hydrogen) atoms. The normalized spacial score (nSPS) is 11.4. The molecule has 0 spiro atoms. The van der Waals surface area contributed by atoms with Crippen molar-refractivity contribution in [2.45, 2.75) is 18.4 Å². The number of aryl methyl sites for hydroxylation is 1. The van der Waals surface area contributed by atoms with E-state index >= 15 is 0 Å². The molecule has 0 saturated heterocycles. The van der Waals surface area contributed by atoms with Gasteiger partial charge in [0.05, 0.1) is 12.3 Å². The predicted octanol–water partition coefficient (Wildman–Crippen LogP) is 3.07. The van der Waals surface area contributed by atoms with Gasteiger partial charge in [-0.1, -0.05) is 23.8 Å². The second-order valence-corrected chi connectivity index (χ2v) is 7.52. The molecule has 6 heteroatoms. The van der Waals surface area contributed by atoms with Crippen LogP contribution in [0.2, 0.25) is 0 Å². The van der Waals surface area contributed by atoms with Crippen LogP contribution in [0.4, 0.5) is 5.69 Å². The molecule has 0 radical (unpaired) electrons. The van der Waals surface area contributed by atoms with E-state index in [-0.39, 0.29) is 11.5 Å². The Hall–Kier alpha value is -1.37. The van der Waals surface area contributed by atoms with Crippen LogP contribution in [-0.4, -0.2) is 20.6 Å². The van der Waals surface area contributed by atoms with Crippen molar-refractivity contribution in [1.29, 1.82) is 0 Å². The number of halogens is 1.